The quantitative estimate of drug-likeness (QED) is 0.620. The second-order valence-corrected chi connectivity index (χ2v) is 3.83. The molecule has 0 aliphatic heterocycles. The molecule has 1 atom stereocenters. The highest BCUT2D eigenvalue weighted by Gasteiger charge is 2.09. The minimum atomic E-state index is -0.734. The van der Waals surface area contributed by atoms with Crippen LogP contribution in [0.5, 0.6) is 0 Å². The fourth-order valence-corrected chi connectivity index (χ4v) is 1.41. The molecule has 0 aromatic rings. The molecule has 0 saturated heterocycles. The molecule has 0 aromatic carbocycles. The third-order valence-electron chi connectivity index (χ3n) is 2.35. The van der Waals surface area contributed by atoms with E-state index >= 15 is 0 Å². The lowest BCUT2D eigenvalue weighted by Crippen LogP contribution is -2.45. The van der Waals surface area contributed by atoms with Gasteiger partial charge in [0.15, 0.2) is 0 Å². The van der Waals surface area contributed by atoms with Crippen LogP contribution < -0.4 is 16.8 Å². The van der Waals surface area contributed by atoms with Gasteiger partial charge in [0.25, 0.3) is 0 Å². The molecule has 1 aliphatic carbocycles. The summed E-state index contributed by atoms with van der Waals surface area (Å²) in [4.78, 5) is 28.8. The second kappa shape index (κ2) is 15.6. The number of amides is 2. The first-order valence-corrected chi connectivity index (χ1v) is 6.22. The molecule has 106 valence electrons. The topological polar surface area (TPSA) is 115 Å². The van der Waals surface area contributed by atoms with Gasteiger partial charge in [0.2, 0.25) is 12.3 Å². The third kappa shape index (κ3) is 14.6. The Morgan fingerprint density at radius 1 is 1.17 bits per heavy atom. The van der Waals surface area contributed by atoms with Crippen molar-refractivity contribution in [2.24, 2.45) is 11.5 Å². The Kier molecular flexibility index (Phi) is 16.4. The highest BCUT2D eigenvalue weighted by atomic mass is 16.2. The molecule has 1 unspecified atom stereocenters. The van der Waals surface area contributed by atoms with Gasteiger partial charge in [-0.25, -0.2) is 0 Å². The SMILES string of the molecule is C1CCCCC1.CC=O.NCC(NC=O)C(N)=O. The molecule has 0 spiro atoms. The molecule has 0 bridgehead atoms. The number of primary amides is 1. The molecule has 1 rings (SSSR count). The summed E-state index contributed by atoms with van der Waals surface area (Å²) in [5.74, 6) is -0.621. The average molecular weight is 259 g/mol. The van der Waals surface area contributed by atoms with Crippen molar-refractivity contribution in [1.29, 1.82) is 0 Å². The van der Waals surface area contributed by atoms with Crippen LogP contribution in [-0.2, 0) is 14.4 Å². The zero-order chi connectivity index (χ0) is 14.2. The van der Waals surface area contributed by atoms with Gasteiger partial charge in [-0.05, 0) is 6.92 Å². The van der Waals surface area contributed by atoms with E-state index in [4.69, 9.17) is 16.3 Å². The first-order valence-electron chi connectivity index (χ1n) is 6.22. The number of hydrogen-bond donors (Lipinski definition) is 3. The Balaban J connectivity index is 0. The van der Waals surface area contributed by atoms with Crippen LogP contribution >= 0.6 is 0 Å². The van der Waals surface area contributed by atoms with E-state index in [1.54, 1.807) is 0 Å². The Labute approximate surface area is 108 Å². The van der Waals surface area contributed by atoms with Gasteiger partial charge in [-0.2, -0.15) is 0 Å². The van der Waals surface area contributed by atoms with Gasteiger partial charge in [-0.3, -0.25) is 9.59 Å². The van der Waals surface area contributed by atoms with E-state index in [1.165, 1.54) is 45.4 Å². The van der Waals surface area contributed by atoms with Crippen LogP contribution in [0, 0.1) is 0 Å². The van der Waals surface area contributed by atoms with Crippen LogP contribution in [0.4, 0.5) is 0 Å². The van der Waals surface area contributed by atoms with Crippen LogP contribution in [0.2, 0.25) is 0 Å². The summed E-state index contributed by atoms with van der Waals surface area (Å²) < 4.78 is 0. The standard InChI is InChI=1S/C6H12.C4H9N3O2.C2H4O/c1-2-4-6-5-3-1;5-1-3(4(6)9)7-2-8;1-2-3/h1-6H2;2-3H,1,5H2,(H2,6,9)(H,7,8);2H,1H3. The summed E-state index contributed by atoms with van der Waals surface area (Å²) in [6.45, 7) is 1.48. The van der Waals surface area contributed by atoms with Crippen molar-refractivity contribution in [3.8, 4) is 0 Å². The van der Waals surface area contributed by atoms with E-state index in [0.717, 1.165) is 6.29 Å². The maximum atomic E-state index is 10.2. The smallest absolute Gasteiger partial charge is 0.241 e. The first kappa shape index (κ1) is 18.9. The number of rotatable bonds is 4. The summed E-state index contributed by atoms with van der Waals surface area (Å²) in [6.07, 6.45) is 10.1. The number of carbonyl (C=O) groups excluding carboxylic acids is 3. The predicted octanol–water partition coefficient (Wildman–Crippen LogP) is 0.0908. The third-order valence-corrected chi connectivity index (χ3v) is 2.35. The molecule has 1 saturated carbocycles. The Morgan fingerprint density at radius 2 is 1.50 bits per heavy atom. The Bertz CT molecular complexity index is 207. The molecule has 0 aromatic heterocycles. The average Bonchev–Trinajstić information content (AvgIpc) is 2.39. The predicted molar refractivity (Wildman–Crippen MR) is 70.7 cm³/mol. The summed E-state index contributed by atoms with van der Waals surface area (Å²) in [6, 6.07) is -0.734. The molecule has 6 heteroatoms. The lowest BCUT2D eigenvalue weighted by Gasteiger charge is -2.06. The minimum absolute atomic E-state index is 0.0358. The maximum absolute atomic E-state index is 10.2. The van der Waals surface area contributed by atoms with Gasteiger partial charge in [-0.1, -0.05) is 38.5 Å². The van der Waals surface area contributed by atoms with Gasteiger partial charge in [0.05, 0.1) is 0 Å². The zero-order valence-electron chi connectivity index (χ0n) is 11.1. The monoisotopic (exact) mass is 259 g/mol. The normalized spacial score (nSPS) is 14.8. The minimum Gasteiger partial charge on any atom is -0.368 e. The van der Waals surface area contributed by atoms with Crippen LogP contribution in [0.3, 0.4) is 0 Å². The van der Waals surface area contributed by atoms with Crippen molar-refractivity contribution in [1.82, 2.24) is 5.32 Å². The fourth-order valence-electron chi connectivity index (χ4n) is 1.41. The second-order valence-electron chi connectivity index (χ2n) is 3.83. The van der Waals surface area contributed by atoms with Gasteiger partial charge >= 0.3 is 0 Å². The molecule has 18 heavy (non-hydrogen) atoms. The van der Waals surface area contributed by atoms with Gasteiger partial charge in [-0.15, -0.1) is 0 Å². The van der Waals surface area contributed by atoms with Crippen LogP contribution in [0.25, 0.3) is 0 Å². The summed E-state index contributed by atoms with van der Waals surface area (Å²) in [5.41, 5.74) is 9.83. The summed E-state index contributed by atoms with van der Waals surface area (Å²) >= 11 is 0. The Hall–Kier alpha value is -1.43. The summed E-state index contributed by atoms with van der Waals surface area (Å²) in [7, 11) is 0. The van der Waals surface area contributed by atoms with E-state index in [-0.39, 0.29) is 6.54 Å². The van der Waals surface area contributed by atoms with E-state index < -0.39 is 11.9 Å². The van der Waals surface area contributed by atoms with Crippen LogP contribution in [0.1, 0.15) is 45.4 Å². The number of nitrogens with one attached hydrogen (secondary N) is 1. The van der Waals surface area contributed by atoms with Crippen molar-refractivity contribution in [2.45, 2.75) is 51.5 Å². The van der Waals surface area contributed by atoms with Crippen LogP contribution in [-0.4, -0.2) is 31.2 Å². The number of nitrogens with two attached hydrogens (primary N) is 2. The molecule has 5 N–H and O–H groups in total. The highest BCUT2D eigenvalue weighted by Crippen LogP contribution is 2.15. The fraction of sp³-hybridized carbons (Fsp3) is 0.750. The van der Waals surface area contributed by atoms with E-state index in [1.807, 2.05) is 0 Å². The van der Waals surface area contributed by atoms with E-state index in [0.29, 0.717) is 6.41 Å². The lowest BCUT2D eigenvalue weighted by atomic mass is 10.0. The number of carbonyl (C=O) groups is 3. The van der Waals surface area contributed by atoms with E-state index in [9.17, 15) is 9.59 Å². The molecule has 0 heterocycles. The van der Waals surface area contributed by atoms with Crippen molar-refractivity contribution < 1.29 is 14.4 Å². The largest absolute Gasteiger partial charge is 0.368 e. The first-order chi connectivity index (χ1) is 8.63. The van der Waals surface area contributed by atoms with Crippen LogP contribution in [0.15, 0.2) is 0 Å². The maximum Gasteiger partial charge on any atom is 0.241 e. The lowest BCUT2D eigenvalue weighted by molar-refractivity contribution is -0.122. The molecule has 1 aliphatic rings. The molecule has 0 radical (unpaired) electrons. The molecule has 1 fully saturated rings. The molecule has 6 nitrogen and oxygen atoms in total. The van der Waals surface area contributed by atoms with Gasteiger partial charge in [0, 0.05) is 6.54 Å². The summed E-state index contributed by atoms with van der Waals surface area (Å²) in [5, 5.41) is 2.15. The van der Waals surface area contributed by atoms with Gasteiger partial charge < -0.3 is 21.6 Å². The zero-order valence-corrected chi connectivity index (χ0v) is 11.1. The van der Waals surface area contributed by atoms with Crippen molar-refractivity contribution in [3.63, 3.8) is 0 Å². The number of hydrogen-bond acceptors (Lipinski definition) is 4. The highest BCUT2D eigenvalue weighted by molar-refractivity contribution is 5.82. The Morgan fingerprint density at radius 3 is 1.61 bits per heavy atom. The van der Waals surface area contributed by atoms with E-state index in [2.05, 4.69) is 5.32 Å². The van der Waals surface area contributed by atoms with Crippen molar-refractivity contribution >= 4 is 18.6 Å². The van der Waals surface area contributed by atoms with Crippen molar-refractivity contribution in [2.75, 3.05) is 6.54 Å². The number of aldehydes is 1. The van der Waals surface area contributed by atoms with Crippen molar-refractivity contribution in [3.05, 3.63) is 0 Å². The van der Waals surface area contributed by atoms with Gasteiger partial charge in [0.1, 0.15) is 12.3 Å². The molecule has 2 amide bonds. The molecular weight excluding hydrogens is 234 g/mol. The molecular formula is C12H25N3O3.